The number of carbonyl (C=O) groups excluding carboxylic acids is 2. The Morgan fingerprint density at radius 2 is 2.17 bits per heavy atom. The monoisotopic (exact) mass is 249 g/mol. The van der Waals surface area contributed by atoms with Crippen molar-refractivity contribution in [2.24, 2.45) is 0 Å². The molecule has 0 aromatic carbocycles. The maximum Gasteiger partial charge on any atom is 0.224 e. The fourth-order valence-corrected chi connectivity index (χ4v) is 1.44. The smallest absolute Gasteiger partial charge is 0.224 e. The highest BCUT2D eigenvalue weighted by molar-refractivity contribution is 5.78. The van der Waals surface area contributed by atoms with E-state index in [0.29, 0.717) is 25.8 Å². The predicted molar refractivity (Wildman–Crippen MR) is 68.9 cm³/mol. The van der Waals surface area contributed by atoms with Gasteiger partial charge in [-0.3, -0.25) is 14.6 Å². The summed E-state index contributed by atoms with van der Waals surface area (Å²) in [7, 11) is 3.45. The summed E-state index contributed by atoms with van der Waals surface area (Å²) in [5, 5.41) is 2.79. The van der Waals surface area contributed by atoms with Crippen molar-refractivity contribution in [3.63, 3.8) is 0 Å². The van der Waals surface area contributed by atoms with Gasteiger partial charge in [-0.15, -0.1) is 0 Å². The molecule has 0 radical (unpaired) electrons. The number of nitrogens with one attached hydrogen (secondary N) is 1. The molecule has 1 aromatic rings. The van der Waals surface area contributed by atoms with Gasteiger partial charge < -0.3 is 10.2 Å². The third-order valence-corrected chi connectivity index (χ3v) is 2.48. The molecule has 0 aliphatic carbocycles. The van der Waals surface area contributed by atoms with Gasteiger partial charge in [0.25, 0.3) is 0 Å². The van der Waals surface area contributed by atoms with E-state index in [4.69, 9.17) is 0 Å². The molecule has 5 nitrogen and oxygen atoms in total. The fraction of sp³-hybridized carbons (Fsp3) is 0.462. The SMILES string of the molecule is CN(C)C(=O)CCCNC(=O)Cc1cccnc1. The average molecular weight is 249 g/mol. The molecule has 0 saturated heterocycles. The maximum atomic E-state index is 11.6. The first-order valence-electron chi connectivity index (χ1n) is 5.95. The molecule has 0 spiro atoms. The Morgan fingerprint density at radius 1 is 1.39 bits per heavy atom. The summed E-state index contributed by atoms with van der Waals surface area (Å²) in [4.78, 5) is 28.3. The van der Waals surface area contributed by atoms with E-state index in [9.17, 15) is 9.59 Å². The van der Waals surface area contributed by atoms with Crippen molar-refractivity contribution >= 4 is 11.8 Å². The summed E-state index contributed by atoms with van der Waals surface area (Å²) in [5.74, 6) is 0.0387. The Morgan fingerprint density at radius 3 is 2.78 bits per heavy atom. The highest BCUT2D eigenvalue weighted by atomic mass is 16.2. The van der Waals surface area contributed by atoms with Crippen molar-refractivity contribution in [3.05, 3.63) is 30.1 Å². The van der Waals surface area contributed by atoms with E-state index in [0.717, 1.165) is 5.56 Å². The number of pyridine rings is 1. The zero-order chi connectivity index (χ0) is 13.4. The molecule has 0 fully saturated rings. The highest BCUT2D eigenvalue weighted by Crippen LogP contribution is 1.97. The second kappa shape index (κ2) is 7.42. The van der Waals surface area contributed by atoms with Gasteiger partial charge in [0.05, 0.1) is 6.42 Å². The lowest BCUT2D eigenvalue weighted by molar-refractivity contribution is -0.129. The molecule has 0 aliphatic rings. The molecule has 0 aliphatic heterocycles. The summed E-state index contributed by atoms with van der Waals surface area (Å²) in [5.41, 5.74) is 0.888. The quantitative estimate of drug-likeness (QED) is 0.751. The van der Waals surface area contributed by atoms with Gasteiger partial charge in [-0.1, -0.05) is 6.07 Å². The fourth-order valence-electron chi connectivity index (χ4n) is 1.44. The number of aromatic nitrogens is 1. The first kappa shape index (κ1) is 14.2. The summed E-state index contributed by atoms with van der Waals surface area (Å²) < 4.78 is 0. The van der Waals surface area contributed by atoms with Crippen LogP contribution in [0.5, 0.6) is 0 Å². The molecule has 0 atom stereocenters. The van der Waals surface area contributed by atoms with Crippen molar-refractivity contribution in [1.82, 2.24) is 15.2 Å². The number of hydrogen-bond acceptors (Lipinski definition) is 3. The molecule has 0 unspecified atom stereocenters. The van der Waals surface area contributed by atoms with Crippen LogP contribution in [0.4, 0.5) is 0 Å². The van der Waals surface area contributed by atoms with E-state index in [1.165, 1.54) is 0 Å². The number of amides is 2. The van der Waals surface area contributed by atoms with E-state index in [1.807, 2.05) is 6.07 Å². The van der Waals surface area contributed by atoms with Crippen molar-refractivity contribution < 1.29 is 9.59 Å². The van der Waals surface area contributed by atoms with Crippen LogP contribution in [0.25, 0.3) is 0 Å². The molecule has 1 aromatic heterocycles. The molecule has 0 saturated carbocycles. The van der Waals surface area contributed by atoms with Gasteiger partial charge in [-0.05, 0) is 18.1 Å². The molecule has 1 heterocycles. The largest absolute Gasteiger partial charge is 0.356 e. The third-order valence-electron chi connectivity index (χ3n) is 2.48. The van der Waals surface area contributed by atoms with E-state index in [1.54, 1.807) is 37.5 Å². The molecule has 1 N–H and O–H groups in total. The van der Waals surface area contributed by atoms with Crippen molar-refractivity contribution in [3.8, 4) is 0 Å². The van der Waals surface area contributed by atoms with Gasteiger partial charge in [0.1, 0.15) is 0 Å². The van der Waals surface area contributed by atoms with Gasteiger partial charge >= 0.3 is 0 Å². The minimum Gasteiger partial charge on any atom is -0.356 e. The van der Waals surface area contributed by atoms with Gasteiger partial charge in [0.15, 0.2) is 0 Å². The lowest BCUT2D eigenvalue weighted by atomic mass is 10.2. The Kier molecular flexibility index (Phi) is 5.84. The van der Waals surface area contributed by atoms with E-state index in [2.05, 4.69) is 10.3 Å². The van der Waals surface area contributed by atoms with Crippen LogP contribution in [0.1, 0.15) is 18.4 Å². The number of rotatable bonds is 6. The minimum absolute atomic E-state index is 0.0414. The van der Waals surface area contributed by atoms with Gasteiger partial charge in [0.2, 0.25) is 11.8 Å². The molecule has 2 amide bonds. The molecule has 98 valence electrons. The summed E-state index contributed by atoms with van der Waals surface area (Å²) in [6, 6.07) is 3.67. The van der Waals surface area contributed by atoms with Crippen molar-refractivity contribution in [1.29, 1.82) is 0 Å². The first-order valence-corrected chi connectivity index (χ1v) is 5.95. The zero-order valence-electron chi connectivity index (χ0n) is 10.8. The van der Waals surface area contributed by atoms with Gasteiger partial charge in [0, 0.05) is 39.5 Å². The average Bonchev–Trinajstić information content (AvgIpc) is 2.35. The summed E-state index contributed by atoms with van der Waals surface area (Å²) in [6.07, 6.45) is 4.80. The van der Waals surface area contributed by atoms with Crippen LogP contribution >= 0.6 is 0 Å². The standard InChI is InChI=1S/C13H19N3O2/c1-16(2)13(18)6-4-8-15-12(17)9-11-5-3-7-14-10-11/h3,5,7,10H,4,6,8-9H2,1-2H3,(H,15,17). The van der Waals surface area contributed by atoms with Crippen LogP contribution in [-0.2, 0) is 16.0 Å². The molecule has 18 heavy (non-hydrogen) atoms. The normalized spacial score (nSPS) is 9.89. The molecule has 0 bridgehead atoms. The Hall–Kier alpha value is -1.91. The third kappa shape index (κ3) is 5.43. The summed E-state index contributed by atoms with van der Waals surface area (Å²) in [6.45, 7) is 0.526. The van der Waals surface area contributed by atoms with Crippen LogP contribution in [0.3, 0.4) is 0 Å². The lowest BCUT2D eigenvalue weighted by Crippen LogP contribution is -2.28. The molecule has 5 heteroatoms. The molecular formula is C13H19N3O2. The number of carbonyl (C=O) groups is 2. The lowest BCUT2D eigenvalue weighted by Gasteiger charge is -2.10. The highest BCUT2D eigenvalue weighted by Gasteiger charge is 2.05. The van der Waals surface area contributed by atoms with E-state index in [-0.39, 0.29) is 11.8 Å². The Balaban J connectivity index is 2.16. The van der Waals surface area contributed by atoms with Crippen LogP contribution in [0.15, 0.2) is 24.5 Å². The predicted octanol–water partition coefficient (Wildman–Crippen LogP) is 0.609. The second-order valence-corrected chi connectivity index (χ2v) is 4.28. The van der Waals surface area contributed by atoms with Crippen LogP contribution in [0, 0.1) is 0 Å². The van der Waals surface area contributed by atoms with E-state index >= 15 is 0 Å². The van der Waals surface area contributed by atoms with Crippen LogP contribution in [-0.4, -0.2) is 42.3 Å². The Labute approximate surface area is 107 Å². The summed E-state index contributed by atoms with van der Waals surface area (Å²) >= 11 is 0. The number of nitrogens with zero attached hydrogens (tertiary/aromatic N) is 2. The minimum atomic E-state index is -0.0414. The van der Waals surface area contributed by atoms with Crippen LogP contribution in [0.2, 0.25) is 0 Å². The molecular weight excluding hydrogens is 230 g/mol. The van der Waals surface area contributed by atoms with Gasteiger partial charge in [-0.25, -0.2) is 0 Å². The Bertz CT molecular complexity index is 390. The van der Waals surface area contributed by atoms with Crippen molar-refractivity contribution in [2.75, 3.05) is 20.6 Å². The maximum absolute atomic E-state index is 11.6. The topological polar surface area (TPSA) is 62.3 Å². The second-order valence-electron chi connectivity index (χ2n) is 4.28. The van der Waals surface area contributed by atoms with Crippen molar-refractivity contribution in [2.45, 2.75) is 19.3 Å². The number of hydrogen-bond donors (Lipinski definition) is 1. The first-order chi connectivity index (χ1) is 8.59. The van der Waals surface area contributed by atoms with Crippen LogP contribution < -0.4 is 5.32 Å². The van der Waals surface area contributed by atoms with E-state index < -0.39 is 0 Å². The van der Waals surface area contributed by atoms with Gasteiger partial charge in [-0.2, -0.15) is 0 Å². The molecule has 1 rings (SSSR count). The zero-order valence-corrected chi connectivity index (χ0v) is 10.8.